The first-order valence-electron chi connectivity index (χ1n) is 6.89. The van der Waals surface area contributed by atoms with E-state index in [1.54, 1.807) is 19.4 Å². The number of benzene rings is 1. The summed E-state index contributed by atoms with van der Waals surface area (Å²) in [6.07, 6.45) is 1.57. The fourth-order valence-electron chi connectivity index (χ4n) is 2.20. The molecule has 0 saturated carbocycles. The maximum Gasteiger partial charge on any atom is 0.123 e. The van der Waals surface area contributed by atoms with Crippen LogP contribution in [0.5, 0.6) is 5.75 Å². The van der Waals surface area contributed by atoms with Crippen molar-refractivity contribution in [3.05, 3.63) is 57.8 Å². The molecule has 6 heteroatoms. The largest absolute Gasteiger partial charge is 0.496 e. The second-order valence-electron chi connectivity index (χ2n) is 4.83. The molecule has 0 aliphatic rings. The van der Waals surface area contributed by atoms with Gasteiger partial charge < -0.3 is 9.84 Å². The van der Waals surface area contributed by atoms with Gasteiger partial charge in [0.15, 0.2) is 0 Å². The van der Waals surface area contributed by atoms with Gasteiger partial charge in [-0.15, -0.1) is 0 Å². The van der Waals surface area contributed by atoms with Gasteiger partial charge in [-0.25, -0.2) is 0 Å². The number of aliphatic hydroxyl groups is 1. The number of aromatic nitrogens is 1. The Kier molecular flexibility index (Phi) is 6.46. The molecule has 1 aromatic heterocycles. The molecule has 4 nitrogen and oxygen atoms in total. The maximum atomic E-state index is 9.29. The molecule has 0 atom stereocenters. The van der Waals surface area contributed by atoms with Crippen LogP contribution in [0.15, 0.2) is 36.5 Å². The van der Waals surface area contributed by atoms with Gasteiger partial charge in [0.2, 0.25) is 0 Å². The Labute approximate surface area is 140 Å². The minimum absolute atomic E-state index is 0.0559. The first-order chi connectivity index (χ1) is 10.6. The topological polar surface area (TPSA) is 45.6 Å². The van der Waals surface area contributed by atoms with E-state index in [-0.39, 0.29) is 6.61 Å². The third-order valence-corrected chi connectivity index (χ3v) is 3.79. The number of pyridine rings is 1. The molecule has 22 heavy (non-hydrogen) atoms. The van der Waals surface area contributed by atoms with E-state index in [1.165, 1.54) is 0 Å². The third-order valence-electron chi connectivity index (χ3n) is 3.26. The average molecular weight is 341 g/mol. The number of methoxy groups -OCH3 is 1. The molecule has 2 rings (SSSR count). The molecule has 1 N–H and O–H groups in total. The lowest BCUT2D eigenvalue weighted by molar-refractivity contribution is 0.181. The van der Waals surface area contributed by atoms with Gasteiger partial charge in [0.25, 0.3) is 0 Å². The molecule has 0 bridgehead atoms. The van der Waals surface area contributed by atoms with E-state index in [0.717, 1.165) is 17.0 Å². The van der Waals surface area contributed by atoms with Crippen molar-refractivity contribution in [1.29, 1.82) is 0 Å². The van der Waals surface area contributed by atoms with E-state index < -0.39 is 0 Å². The fraction of sp³-hybridized carbons (Fsp3) is 0.312. The van der Waals surface area contributed by atoms with Crippen LogP contribution in [0.25, 0.3) is 0 Å². The highest BCUT2D eigenvalue weighted by Gasteiger charge is 2.13. The van der Waals surface area contributed by atoms with Crippen LogP contribution in [0.3, 0.4) is 0 Å². The quantitative estimate of drug-likeness (QED) is 0.839. The van der Waals surface area contributed by atoms with Crippen molar-refractivity contribution >= 4 is 23.2 Å². The number of ether oxygens (including phenoxy) is 1. The summed E-state index contributed by atoms with van der Waals surface area (Å²) in [6.45, 7) is 1.72. The molecule has 0 aliphatic heterocycles. The van der Waals surface area contributed by atoms with Crippen LogP contribution >= 0.6 is 23.2 Å². The third kappa shape index (κ3) is 4.58. The predicted molar refractivity (Wildman–Crippen MR) is 88.5 cm³/mol. The minimum Gasteiger partial charge on any atom is -0.496 e. The van der Waals surface area contributed by atoms with Crippen molar-refractivity contribution < 1.29 is 9.84 Å². The molecule has 0 saturated heterocycles. The Balaban J connectivity index is 2.16. The van der Waals surface area contributed by atoms with Crippen LogP contribution in [0.4, 0.5) is 0 Å². The number of rotatable bonds is 7. The molecule has 1 heterocycles. The van der Waals surface area contributed by atoms with E-state index >= 15 is 0 Å². The zero-order valence-corrected chi connectivity index (χ0v) is 13.8. The van der Waals surface area contributed by atoms with Crippen molar-refractivity contribution in [1.82, 2.24) is 9.88 Å². The van der Waals surface area contributed by atoms with E-state index in [1.807, 2.05) is 24.3 Å². The second kappa shape index (κ2) is 8.34. The van der Waals surface area contributed by atoms with Crippen molar-refractivity contribution in [3.63, 3.8) is 0 Å². The Morgan fingerprint density at radius 2 is 2.00 bits per heavy atom. The van der Waals surface area contributed by atoms with E-state index in [2.05, 4.69) is 9.88 Å². The van der Waals surface area contributed by atoms with Gasteiger partial charge in [-0.1, -0.05) is 41.4 Å². The summed E-state index contributed by atoms with van der Waals surface area (Å²) >= 11 is 12.0. The van der Waals surface area contributed by atoms with E-state index in [9.17, 15) is 5.11 Å². The number of hydrogen-bond acceptors (Lipinski definition) is 4. The summed E-state index contributed by atoms with van der Waals surface area (Å²) in [4.78, 5) is 6.32. The summed E-state index contributed by atoms with van der Waals surface area (Å²) in [5.41, 5.74) is 1.78. The van der Waals surface area contributed by atoms with E-state index in [4.69, 9.17) is 27.9 Å². The van der Waals surface area contributed by atoms with Crippen molar-refractivity contribution in [2.45, 2.75) is 13.1 Å². The standard InChI is InChI=1S/C16H18Cl2N2O2/c1-22-16-5-3-2-4-12(16)10-20(6-7-21)11-15-14(18)8-13(17)9-19-15/h2-5,8-9,21H,6-7,10-11H2,1H3. The summed E-state index contributed by atoms with van der Waals surface area (Å²) in [6, 6.07) is 9.48. The highest BCUT2D eigenvalue weighted by Crippen LogP contribution is 2.23. The van der Waals surface area contributed by atoms with Gasteiger partial charge in [-0.05, 0) is 12.1 Å². The van der Waals surface area contributed by atoms with Crippen LogP contribution < -0.4 is 4.74 Å². The van der Waals surface area contributed by atoms with Crippen molar-refractivity contribution in [3.8, 4) is 5.75 Å². The Morgan fingerprint density at radius 1 is 1.23 bits per heavy atom. The highest BCUT2D eigenvalue weighted by molar-refractivity contribution is 6.34. The summed E-state index contributed by atoms with van der Waals surface area (Å²) in [7, 11) is 1.65. The number of para-hydroxylation sites is 1. The Morgan fingerprint density at radius 3 is 2.68 bits per heavy atom. The van der Waals surface area contributed by atoms with Gasteiger partial charge in [0.1, 0.15) is 5.75 Å². The summed E-state index contributed by atoms with van der Waals surface area (Å²) in [5, 5.41) is 10.3. The lowest BCUT2D eigenvalue weighted by atomic mass is 10.2. The lowest BCUT2D eigenvalue weighted by Gasteiger charge is -2.22. The summed E-state index contributed by atoms with van der Waals surface area (Å²) in [5.74, 6) is 0.820. The monoisotopic (exact) mass is 340 g/mol. The van der Waals surface area contributed by atoms with Gasteiger partial charge >= 0.3 is 0 Å². The fourth-order valence-corrected chi connectivity index (χ4v) is 2.64. The smallest absolute Gasteiger partial charge is 0.123 e. The summed E-state index contributed by atoms with van der Waals surface area (Å²) < 4.78 is 5.37. The molecule has 1 aromatic carbocycles. The van der Waals surface area contributed by atoms with Gasteiger partial charge in [0, 0.05) is 31.4 Å². The van der Waals surface area contributed by atoms with Crippen LogP contribution in [0.2, 0.25) is 10.0 Å². The SMILES string of the molecule is COc1ccccc1CN(CCO)Cc1ncc(Cl)cc1Cl. The first kappa shape index (κ1) is 17.0. The molecule has 0 aliphatic carbocycles. The zero-order valence-electron chi connectivity index (χ0n) is 12.3. The Bertz CT molecular complexity index is 623. The average Bonchev–Trinajstić information content (AvgIpc) is 2.51. The van der Waals surface area contributed by atoms with Gasteiger partial charge in [0.05, 0.1) is 29.5 Å². The molecular weight excluding hydrogens is 323 g/mol. The number of hydrogen-bond donors (Lipinski definition) is 1. The molecule has 118 valence electrons. The minimum atomic E-state index is 0.0559. The molecule has 0 radical (unpaired) electrons. The number of halogens is 2. The Hall–Kier alpha value is -1.33. The van der Waals surface area contributed by atoms with Crippen LogP contribution in [0.1, 0.15) is 11.3 Å². The normalized spacial score (nSPS) is 11.0. The highest BCUT2D eigenvalue weighted by atomic mass is 35.5. The first-order valence-corrected chi connectivity index (χ1v) is 7.64. The molecular formula is C16H18Cl2N2O2. The molecule has 0 amide bonds. The van der Waals surface area contributed by atoms with Gasteiger partial charge in [-0.3, -0.25) is 9.88 Å². The molecule has 2 aromatic rings. The number of nitrogens with zero attached hydrogens (tertiary/aromatic N) is 2. The molecule has 0 fully saturated rings. The molecule has 0 spiro atoms. The number of aliphatic hydroxyl groups excluding tert-OH is 1. The van der Waals surface area contributed by atoms with Crippen LogP contribution in [-0.2, 0) is 13.1 Å². The zero-order chi connectivity index (χ0) is 15.9. The second-order valence-corrected chi connectivity index (χ2v) is 5.67. The predicted octanol–water partition coefficient (Wildman–Crippen LogP) is 3.39. The van der Waals surface area contributed by atoms with Crippen LogP contribution in [-0.4, -0.2) is 35.3 Å². The van der Waals surface area contributed by atoms with Gasteiger partial charge in [-0.2, -0.15) is 0 Å². The molecule has 0 unspecified atom stereocenters. The maximum absolute atomic E-state index is 9.29. The van der Waals surface area contributed by atoms with Crippen molar-refractivity contribution in [2.75, 3.05) is 20.3 Å². The van der Waals surface area contributed by atoms with Crippen molar-refractivity contribution in [2.24, 2.45) is 0 Å². The lowest BCUT2D eigenvalue weighted by Crippen LogP contribution is -2.27. The van der Waals surface area contributed by atoms with E-state index in [0.29, 0.717) is 29.7 Å². The van der Waals surface area contributed by atoms with Crippen LogP contribution in [0, 0.1) is 0 Å².